The number of amides is 1. The van der Waals surface area contributed by atoms with E-state index in [1.807, 2.05) is 32.0 Å². The van der Waals surface area contributed by atoms with Gasteiger partial charge in [0.15, 0.2) is 6.61 Å². The zero-order chi connectivity index (χ0) is 20.7. The maximum Gasteiger partial charge on any atom is 0.338 e. The Morgan fingerprint density at radius 1 is 1.04 bits per heavy atom. The molecule has 5 nitrogen and oxygen atoms in total. The highest BCUT2D eigenvalue weighted by Gasteiger charge is 2.19. The molecule has 1 atom stereocenters. The molecule has 0 bridgehead atoms. The van der Waals surface area contributed by atoms with Crippen molar-refractivity contribution < 1.29 is 14.3 Å². The van der Waals surface area contributed by atoms with Crippen molar-refractivity contribution in [1.82, 2.24) is 5.32 Å². The second-order valence-electron chi connectivity index (χ2n) is 7.38. The molecule has 0 spiro atoms. The topological polar surface area (TPSA) is 79.2 Å². The fraction of sp³-hybridized carbons (Fsp3) is 0.348. The third-order valence-corrected chi connectivity index (χ3v) is 4.51. The molecule has 2 aromatic carbocycles. The number of rotatable bonds is 7. The highest BCUT2D eigenvalue weighted by Crippen LogP contribution is 2.24. The van der Waals surface area contributed by atoms with Crippen LogP contribution in [-0.2, 0) is 9.53 Å². The number of carbonyl (C=O) groups is 2. The van der Waals surface area contributed by atoms with Gasteiger partial charge in [-0.05, 0) is 41.2 Å². The van der Waals surface area contributed by atoms with Gasteiger partial charge in [-0.25, -0.2) is 4.79 Å². The molecule has 0 aromatic heterocycles. The predicted octanol–water partition coefficient (Wildman–Crippen LogP) is 4.35. The number of nitrogens with zero attached hydrogens (tertiary/aromatic N) is 1. The summed E-state index contributed by atoms with van der Waals surface area (Å²) in [6, 6.07) is 16.2. The van der Waals surface area contributed by atoms with Crippen LogP contribution in [0.25, 0.3) is 0 Å². The molecule has 0 saturated heterocycles. The molecule has 0 fully saturated rings. The fourth-order valence-electron chi connectivity index (χ4n) is 2.87. The zero-order valence-corrected chi connectivity index (χ0v) is 16.7. The average molecular weight is 378 g/mol. The smallest absolute Gasteiger partial charge is 0.338 e. The third-order valence-electron chi connectivity index (χ3n) is 4.51. The van der Waals surface area contributed by atoms with Crippen molar-refractivity contribution in [2.24, 2.45) is 5.92 Å². The molecule has 0 aliphatic heterocycles. The van der Waals surface area contributed by atoms with Gasteiger partial charge in [-0.3, -0.25) is 4.79 Å². The lowest BCUT2D eigenvalue weighted by molar-refractivity contribution is -0.125. The molecule has 146 valence electrons. The molecule has 2 aromatic rings. The fourth-order valence-corrected chi connectivity index (χ4v) is 2.87. The number of nitriles is 1. The van der Waals surface area contributed by atoms with Gasteiger partial charge in [0, 0.05) is 0 Å². The predicted molar refractivity (Wildman–Crippen MR) is 108 cm³/mol. The van der Waals surface area contributed by atoms with Crippen molar-refractivity contribution >= 4 is 11.9 Å². The maximum atomic E-state index is 12.3. The number of esters is 1. The summed E-state index contributed by atoms with van der Waals surface area (Å²) in [6.45, 7) is 7.96. The molecule has 0 heterocycles. The monoisotopic (exact) mass is 378 g/mol. The number of hydrogen-bond donors (Lipinski definition) is 1. The minimum atomic E-state index is -0.630. The molecule has 0 aliphatic carbocycles. The number of benzene rings is 2. The van der Waals surface area contributed by atoms with Crippen LogP contribution in [0.2, 0.25) is 0 Å². The Balaban J connectivity index is 1.98. The summed E-state index contributed by atoms with van der Waals surface area (Å²) >= 11 is 0. The largest absolute Gasteiger partial charge is 0.452 e. The molecular weight excluding hydrogens is 352 g/mol. The summed E-state index contributed by atoms with van der Waals surface area (Å²) in [5, 5.41) is 11.8. The minimum Gasteiger partial charge on any atom is -0.452 e. The normalized spacial score (nSPS) is 11.8. The average Bonchev–Trinajstić information content (AvgIpc) is 2.70. The van der Waals surface area contributed by atoms with E-state index in [2.05, 4.69) is 31.3 Å². The van der Waals surface area contributed by atoms with Crippen LogP contribution in [-0.4, -0.2) is 18.5 Å². The van der Waals surface area contributed by atoms with Crippen molar-refractivity contribution in [3.05, 3.63) is 70.8 Å². The second-order valence-corrected chi connectivity index (χ2v) is 7.38. The molecule has 0 radical (unpaired) electrons. The van der Waals surface area contributed by atoms with E-state index in [4.69, 9.17) is 10.00 Å². The number of nitrogens with one attached hydrogen (secondary N) is 1. The van der Waals surface area contributed by atoms with Crippen molar-refractivity contribution in [3.63, 3.8) is 0 Å². The maximum absolute atomic E-state index is 12.3. The van der Waals surface area contributed by atoms with E-state index in [0.717, 1.165) is 5.56 Å². The van der Waals surface area contributed by atoms with Crippen LogP contribution < -0.4 is 5.32 Å². The standard InChI is InChI=1S/C23H26N2O3/c1-15(2)18-8-10-19(11-9-18)22(16(3)4)25-21(26)14-28-23(27)20-7-5-6-17(12-20)13-24/h5-12,15-16,22H,14H2,1-4H3,(H,25,26)/t22-/m1/s1. The lowest BCUT2D eigenvalue weighted by atomic mass is 9.93. The first-order valence-electron chi connectivity index (χ1n) is 9.38. The van der Waals surface area contributed by atoms with E-state index in [0.29, 0.717) is 11.5 Å². The van der Waals surface area contributed by atoms with Gasteiger partial charge in [0.05, 0.1) is 23.2 Å². The van der Waals surface area contributed by atoms with Crippen LogP contribution in [0.4, 0.5) is 0 Å². The molecule has 2 rings (SSSR count). The zero-order valence-electron chi connectivity index (χ0n) is 16.7. The third kappa shape index (κ3) is 5.68. The Kier molecular flexibility index (Phi) is 7.34. The van der Waals surface area contributed by atoms with Crippen LogP contribution in [0.5, 0.6) is 0 Å². The van der Waals surface area contributed by atoms with E-state index in [1.165, 1.54) is 11.6 Å². The first-order valence-corrected chi connectivity index (χ1v) is 9.38. The first kappa shape index (κ1) is 21.2. The Morgan fingerprint density at radius 3 is 2.25 bits per heavy atom. The summed E-state index contributed by atoms with van der Waals surface area (Å²) in [7, 11) is 0. The Bertz CT molecular complexity index is 864. The van der Waals surface area contributed by atoms with Crippen molar-refractivity contribution in [2.75, 3.05) is 6.61 Å². The molecule has 0 unspecified atom stereocenters. The summed E-state index contributed by atoms with van der Waals surface area (Å²) in [4.78, 5) is 24.4. The highest BCUT2D eigenvalue weighted by atomic mass is 16.5. The van der Waals surface area contributed by atoms with Gasteiger partial charge >= 0.3 is 5.97 Å². The lowest BCUT2D eigenvalue weighted by Crippen LogP contribution is -2.35. The van der Waals surface area contributed by atoms with Crippen LogP contribution in [0.15, 0.2) is 48.5 Å². The van der Waals surface area contributed by atoms with E-state index in [1.54, 1.807) is 18.2 Å². The number of ether oxygens (including phenoxy) is 1. The summed E-state index contributed by atoms with van der Waals surface area (Å²) in [5.41, 5.74) is 2.87. The van der Waals surface area contributed by atoms with Crippen LogP contribution in [0.3, 0.4) is 0 Å². The van der Waals surface area contributed by atoms with Crippen LogP contribution in [0, 0.1) is 17.2 Å². The highest BCUT2D eigenvalue weighted by molar-refractivity contribution is 5.91. The van der Waals surface area contributed by atoms with E-state index >= 15 is 0 Å². The SMILES string of the molecule is CC(C)c1ccc([C@H](NC(=O)COC(=O)c2cccc(C#N)c2)C(C)C)cc1. The quantitative estimate of drug-likeness (QED) is 0.726. The molecule has 28 heavy (non-hydrogen) atoms. The van der Waals surface area contributed by atoms with Gasteiger partial charge in [0.1, 0.15) is 0 Å². The minimum absolute atomic E-state index is 0.172. The van der Waals surface area contributed by atoms with Crippen LogP contribution >= 0.6 is 0 Å². The summed E-state index contributed by atoms with van der Waals surface area (Å²) in [6.07, 6.45) is 0. The molecule has 0 saturated carbocycles. The van der Waals surface area contributed by atoms with Gasteiger partial charge in [0.2, 0.25) is 0 Å². The number of hydrogen-bond acceptors (Lipinski definition) is 4. The van der Waals surface area contributed by atoms with Gasteiger partial charge in [0.25, 0.3) is 5.91 Å². The summed E-state index contributed by atoms with van der Waals surface area (Å²) in [5.74, 6) is -0.372. The summed E-state index contributed by atoms with van der Waals surface area (Å²) < 4.78 is 5.10. The molecule has 5 heteroatoms. The Morgan fingerprint density at radius 2 is 1.68 bits per heavy atom. The second kappa shape index (κ2) is 9.70. The molecular formula is C23H26N2O3. The van der Waals surface area contributed by atoms with Gasteiger partial charge in [-0.2, -0.15) is 5.26 Å². The molecule has 1 amide bonds. The van der Waals surface area contributed by atoms with Crippen molar-refractivity contribution in [2.45, 2.75) is 39.7 Å². The van der Waals surface area contributed by atoms with Gasteiger partial charge in [-0.1, -0.05) is 58.0 Å². The molecule has 1 N–H and O–H groups in total. The van der Waals surface area contributed by atoms with Gasteiger partial charge < -0.3 is 10.1 Å². The Labute approximate surface area is 166 Å². The van der Waals surface area contributed by atoms with E-state index < -0.39 is 5.97 Å². The van der Waals surface area contributed by atoms with E-state index in [-0.39, 0.29) is 30.0 Å². The molecule has 0 aliphatic rings. The van der Waals surface area contributed by atoms with Gasteiger partial charge in [-0.15, -0.1) is 0 Å². The Hall–Kier alpha value is -3.13. The first-order chi connectivity index (χ1) is 13.3. The lowest BCUT2D eigenvalue weighted by Gasteiger charge is -2.23. The number of carbonyl (C=O) groups excluding carboxylic acids is 2. The van der Waals surface area contributed by atoms with Crippen LogP contribution in [0.1, 0.15) is 66.7 Å². The van der Waals surface area contributed by atoms with Crippen molar-refractivity contribution in [1.29, 1.82) is 5.26 Å². The van der Waals surface area contributed by atoms with E-state index in [9.17, 15) is 9.59 Å². The van der Waals surface area contributed by atoms with Crippen molar-refractivity contribution in [3.8, 4) is 6.07 Å².